The van der Waals surface area contributed by atoms with E-state index in [9.17, 15) is 4.79 Å². The average Bonchev–Trinajstić information content (AvgIpc) is 2.53. The van der Waals surface area contributed by atoms with Gasteiger partial charge < -0.3 is 10.6 Å². The second kappa shape index (κ2) is 6.89. The Hall–Kier alpha value is -2.95. The van der Waals surface area contributed by atoms with E-state index < -0.39 is 0 Å². The Kier molecular flexibility index (Phi) is 4.65. The summed E-state index contributed by atoms with van der Waals surface area (Å²) in [5.41, 5.74) is 4.99. The van der Waals surface area contributed by atoms with E-state index >= 15 is 0 Å². The summed E-state index contributed by atoms with van der Waals surface area (Å²) in [6.45, 7) is 7.69. The molecule has 0 bridgehead atoms. The van der Waals surface area contributed by atoms with Crippen molar-refractivity contribution in [2.75, 3.05) is 10.6 Å². The van der Waals surface area contributed by atoms with Gasteiger partial charge in [-0.05, 0) is 61.7 Å². The molecule has 0 spiro atoms. The van der Waals surface area contributed by atoms with Gasteiger partial charge in [0.25, 0.3) is 0 Å². The van der Waals surface area contributed by atoms with Crippen LogP contribution in [-0.4, -0.2) is 21.9 Å². The molecule has 0 aliphatic heterocycles. The van der Waals surface area contributed by atoms with Crippen molar-refractivity contribution >= 4 is 28.4 Å². The summed E-state index contributed by atoms with van der Waals surface area (Å²) in [4.78, 5) is 20.3. The van der Waals surface area contributed by atoms with Gasteiger partial charge >= 0.3 is 0 Å². The standard InChI is InChI=1S/C20H22N4O/c1-12(2)22-20-21-11-16-10-18(13(3)8-19(16)24-20)15-6-5-7-17(9-15)23-14(4)25/h5-12H,1-4H3,(H,23,25)(H,21,22,24). The number of aryl methyl sites for hydroxylation is 1. The molecule has 1 aromatic heterocycles. The first-order valence-corrected chi connectivity index (χ1v) is 8.34. The molecule has 0 saturated carbocycles. The fourth-order valence-electron chi connectivity index (χ4n) is 2.79. The molecule has 0 aliphatic carbocycles. The van der Waals surface area contributed by atoms with Gasteiger partial charge in [-0.1, -0.05) is 12.1 Å². The number of carbonyl (C=O) groups excluding carboxylic acids is 1. The molecule has 2 N–H and O–H groups in total. The second-order valence-electron chi connectivity index (χ2n) is 6.48. The number of hydrogen-bond donors (Lipinski definition) is 2. The first-order valence-electron chi connectivity index (χ1n) is 8.34. The number of anilines is 2. The van der Waals surface area contributed by atoms with Gasteiger partial charge in [-0.3, -0.25) is 4.79 Å². The van der Waals surface area contributed by atoms with Crippen LogP contribution in [0.4, 0.5) is 11.6 Å². The van der Waals surface area contributed by atoms with Gasteiger partial charge in [-0.15, -0.1) is 0 Å². The summed E-state index contributed by atoms with van der Waals surface area (Å²) in [7, 11) is 0. The quantitative estimate of drug-likeness (QED) is 0.743. The lowest BCUT2D eigenvalue weighted by Gasteiger charge is -2.12. The third-order valence-electron chi connectivity index (χ3n) is 3.84. The highest BCUT2D eigenvalue weighted by atomic mass is 16.1. The molecule has 0 fully saturated rings. The zero-order chi connectivity index (χ0) is 18.0. The van der Waals surface area contributed by atoms with E-state index in [0.29, 0.717) is 5.95 Å². The lowest BCUT2D eigenvalue weighted by atomic mass is 9.98. The van der Waals surface area contributed by atoms with Gasteiger partial charge in [-0.25, -0.2) is 9.97 Å². The Morgan fingerprint density at radius 3 is 2.68 bits per heavy atom. The number of nitrogens with zero attached hydrogens (tertiary/aromatic N) is 2. The summed E-state index contributed by atoms with van der Waals surface area (Å²) in [6, 6.07) is 12.3. The first kappa shape index (κ1) is 16.9. The predicted octanol–water partition coefficient (Wildman–Crippen LogP) is 4.38. The van der Waals surface area contributed by atoms with Crippen LogP contribution in [0.15, 0.2) is 42.6 Å². The zero-order valence-electron chi connectivity index (χ0n) is 14.9. The number of amides is 1. The zero-order valence-corrected chi connectivity index (χ0v) is 14.9. The Morgan fingerprint density at radius 1 is 1.16 bits per heavy atom. The summed E-state index contributed by atoms with van der Waals surface area (Å²) in [6.07, 6.45) is 1.84. The normalized spacial score (nSPS) is 10.9. The van der Waals surface area contributed by atoms with E-state index in [1.165, 1.54) is 6.92 Å². The van der Waals surface area contributed by atoms with Crippen LogP contribution < -0.4 is 10.6 Å². The third kappa shape index (κ3) is 3.94. The van der Waals surface area contributed by atoms with Crippen molar-refractivity contribution in [3.63, 3.8) is 0 Å². The first-order chi connectivity index (χ1) is 11.9. The van der Waals surface area contributed by atoms with Crippen molar-refractivity contribution in [3.05, 3.63) is 48.2 Å². The van der Waals surface area contributed by atoms with Gasteiger partial charge in [-0.2, -0.15) is 0 Å². The maximum absolute atomic E-state index is 11.3. The maximum atomic E-state index is 11.3. The van der Waals surface area contributed by atoms with Crippen molar-refractivity contribution in [3.8, 4) is 11.1 Å². The average molecular weight is 334 g/mol. The fraction of sp³-hybridized carbons (Fsp3) is 0.250. The third-order valence-corrected chi connectivity index (χ3v) is 3.84. The van der Waals surface area contributed by atoms with Crippen molar-refractivity contribution in [2.24, 2.45) is 0 Å². The molecule has 0 saturated heterocycles. The molecule has 0 atom stereocenters. The molecule has 1 amide bonds. The Balaban J connectivity index is 2.02. The number of rotatable bonds is 4. The molecule has 5 nitrogen and oxygen atoms in total. The van der Waals surface area contributed by atoms with Crippen LogP contribution in [0.1, 0.15) is 26.3 Å². The lowest BCUT2D eigenvalue weighted by Crippen LogP contribution is -2.12. The molecule has 0 radical (unpaired) electrons. The van der Waals surface area contributed by atoms with E-state index in [2.05, 4.69) is 53.5 Å². The SMILES string of the molecule is CC(=O)Nc1cccc(-c2cc3cnc(NC(C)C)nc3cc2C)c1. The van der Waals surface area contributed by atoms with E-state index in [-0.39, 0.29) is 11.9 Å². The molecule has 3 rings (SSSR count). The minimum atomic E-state index is -0.0778. The van der Waals surface area contributed by atoms with Crippen LogP contribution in [0.5, 0.6) is 0 Å². The molecule has 128 valence electrons. The minimum absolute atomic E-state index is 0.0778. The molecule has 0 unspecified atom stereocenters. The Morgan fingerprint density at radius 2 is 1.96 bits per heavy atom. The van der Waals surface area contributed by atoms with E-state index in [1.54, 1.807) is 0 Å². The predicted molar refractivity (Wildman–Crippen MR) is 103 cm³/mol. The number of carbonyl (C=O) groups is 1. The number of fused-ring (bicyclic) bond motifs is 1. The highest BCUT2D eigenvalue weighted by Crippen LogP contribution is 2.29. The Labute approximate surface area is 147 Å². The summed E-state index contributed by atoms with van der Waals surface area (Å²) < 4.78 is 0. The van der Waals surface area contributed by atoms with Gasteiger partial charge in [0, 0.05) is 30.2 Å². The monoisotopic (exact) mass is 334 g/mol. The van der Waals surface area contributed by atoms with Crippen LogP contribution in [0.3, 0.4) is 0 Å². The second-order valence-corrected chi connectivity index (χ2v) is 6.48. The van der Waals surface area contributed by atoms with E-state index in [4.69, 9.17) is 0 Å². The highest BCUT2D eigenvalue weighted by Gasteiger charge is 2.08. The van der Waals surface area contributed by atoms with Gasteiger partial charge in [0.2, 0.25) is 11.9 Å². The topological polar surface area (TPSA) is 66.9 Å². The van der Waals surface area contributed by atoms with Gasteiger partial charge in [0.15, 0.2) is 0 Å². The van der Waals surface area contributed by atoms with E-state index in [0.717, 1.165) is 33.3 Å². The van der Waals surface area contributed by atoms with Crippen LogP contribution in [0.2, 0.25) is 0 Å². The lowest BCUT2D eigenvalue weighted by molar-refractivity contribution is -0.114. The smallest absolute Gasteiger partial charge is 0.223 e. The molecular formula is C20H22N4O. The molecule has 3 aromatic rings. The van der Waals surface area contributed by atoms with Crippen LogP contribution in [0.25, 0.3) is 22.0 Å². The summed E-state index contributed by atoms with van der Waals surface area (Å²) in [5, 5.41) is 7.04. The maximum Gasteiger partial charge on any atom is 0.223 e. The van der Waals surface area contributed by atoms with Crippen molar-refractivity contribution in [1.82, 2.24) is 9.97 Å². The number of benzene rings is 2. The van der Waals surface area contributed by atoms with Crippen LogP contribution in [-0.2, 0) is 4.79 Å². The summed E-state index contributed by atoms with van der Waals surface area (Å²) >= 11 is 0. The Bertz CT molecular complexity index is 934. The molecule has 25 heavy (non-hydrogen) atoms. The molecule has 1 heterocycles. The fourth-order valence-corrected chi connectivity index (χ4v) is 2.79. The molecule has 0 aliphatic rings. The van der Waals surface area contributed by atoms with Crippen LogP contribution >= 0.6 is 0 Å². The minimum Gasteiger partial charge on any atom is -0.352 e. The van der Waals surface area contributed by atoms with Crippen LogP contribution in [0, 0.1) is 6.92 Å². The number of aromatic nitrogens is 2. The number of nitrogens with one attached hydrogen (secondary N) is 2. The summed E-state index contributed by atoms with van der Waals surface area (Å²) in [5.74, 6) is 0.563. The number of hydrogen-bond acceptors (Lipinski definition) is 4. The van der Waals surface area contributed by atoms with Crippen molar-refractivity contribution < 1.29 is 4.79 Å². The molecule has 2 aromatic carbocycles. The molecule has 5 heteroatoms. The van der Waals surface area contributed by atoms with E-state index in [1.807, 2.05) is 30.5 Å². The van der Waals surface area contributed by atoms with Gasteiger partial charge in [0.05, 0.1) is 5.52 Å². The van der Waals surface area contributed by atoms with Gasteiger partial charge in [0.1, 0.15) is 0 Å². The van der Waals surface area contributed by atoms with Crippen molar-refractivity contribution in [2.45, 2.75) is 33.7 Å². The molecular weight excluding hydrogens is 312 g/mol. The highest BCUT2D eigenvalue weighted by molar-refractivity contribution is 5.91. The van der Waals surface area contributed by atoms with Crippen molar-refractivity contribution in [1.29, 1.82) is 0 Å². The largest absolute Gasteiger partial charge is 0.352 e.